The van der Waals surface area contributed by atoms with E-state index in [1.807, 2.05) is 0 Å². The van der Waals surface area contributed by atoms with E-state index in [9.17, 15) is 0 Å². The van der Waals surface area contributed by atoms with Crippen molar-refractivity contribution in [1.29, 1.82) is 0 Å². The first-order valence-corrected chi connectivity index (χ1v) is 9.54. The minimum Gasteiger partial charge on any atom is -0.648 e. The first-order valence-electron chi connectivity index (χ1n) is 8.20. The Bertz CT molecular complexity index is 769. The Labute approximate surface area is 144 Å². The van der Waals surface area contributed by atoms with E-state index in [2.05, 4.69) is 91.1 Å². The van der Waals surface area contributed by atoms with Crippen molar-refractivity contribution < 1.29 is 4.74 Å². The summed E-state index contributed by atoms with van der Waals surface area (Å²) in [6.07, 6.45) is 6.46. The molecule has 0 unspecified atom stereocenters. The van der Waals surface area contributed by atoms with Gasteiger partial charge in [-0.1, -0.05) is 91.9 Å². The van der Waals surface area contributed by atoms with E-state index in [0.29, 0.717) is 6.61 Å². The van der Waals surface area contributed by atoms with E-state index in [4.69, 9.17) is 4.74 Å². The van der Waals surface area contributed by atoms with Crippen molar-refractivity contribution >= 4 is 18.5 Å². The summed E-state index contributed by atoms with van der Waals surface area (Å²) in [4.78, 5) is 0. The lowest BCUT2D eigenvalue weighted by Gasteiger charge is -2.25. The highest BCUT2D eigenvalue weighted by Gasteiger charge is 2.24. The van der Waals surface area contributed by atoms with E-state index in [1.165, 1.54) is 15.9 Å². The van der Waals surface area contributed by atoms with Gasteiger partial charge in [0.25, 0.3) is 0 Å². The van der Waals surface area contributed by atoms with Gasteiger partial charge in [0, 0.05) is 11.5 Å². The fourth-order valence-corrected chi connectivity index (χ4v) is 5.43. The lowest BCUT2D eigenvalue weighted by atomic mass is 10.3. The Kier molecular flexibility index (Phi) is 4.23. The van der Waals surface area contributed by atoms with Crippen molar-refractivity contribution in [2.45, 2.75) is 13.0 Å². The summed E-state index contributed by atoms with van der Waals surface area (Å²) in [7, 11) is -0.621. The second-order valence-electron chi connectivity index (χ2n) is 5.93. The molecule has 2 aliphatic rings. The predicted octanol–water partition coefficient (Wildman–Crippen LogP) is 4.58. The average molecular weight is 332 g/mol. The van der Waals surface area contributed by atoms with Gasteiger partial charge in [-0.05, 0) is 23.8 Å². The van der Waals surface area contributed by atoms with Gasteiger partial charge in [-0.25, -0.2) is 0 Å². The number of hydrogen-bond donors (Lipinski definition) is 0. The van der Waals surface area contributed by atoms with Crippen LogP contribution < -0.4 is 10.6 Å². The maximum absolute atomic E-state index is 5.83. The fraction of sp³-hybridized carbons (Fsp3) is 0.143. The molecular weight excluding hydrogens is 313 g/mol. The number of hydrogen-bond acceptors (Lipinski definition) is 1. The monoisotopic (exact) mass is 332 g/mol. The number of nitrogens with zero attached hydrogens (tertiary/aromatic N) is 1. The molecule has 1 heterocycles. The minimum absolute atomic E-state index is 0.238. The van der Waals surface area contributed by atoms with Crippen LogP contribution in [0.5, 0.6) is 0 Å². The van der Waals surface area contributed by atoms with Crippen molar-refractivity contribution in [2.75, 3.05) is 6.61 Å². The SMILES string of the molecule is C[C@H]1CO/C(=C2\C=CC=C2P(c2ccccc2)c2ccccc2)[N-]1. The van der Waals surface area contributed by atoms with E-state index < -0.39 is 7.92 Å². The minimum atomic E-state index is -0.621. The second-order valence-corrected chi connectivity index (χ2v) is 8.11. The maximum atomic E-state index is 5.83. The lowest BCUT2D eigenvalue weighted by molar-refractivity contribution is 0.257. The van der Waals surface area contributed by atoms with Crippen LogP contribution >= 0.6 is 7.92 Å². The molecule has 3 heteroatoms. The molecule has 1 aliphatic carbocycles. The number of benzene rings is 2. The van der Waals surface area contributed by atoms with Gasteiger partial charge in [-0.2, -0.15) is 0 Å². The summed E-state index contributed by atoms with van der Waals surface area (Å²) in [6.45, 7) is 2.77. The Balaban J connectivity index is 1.80. The van der Waals surface area contributed by atoms with Gasteiger partial charge in [0.15, 0.2) is 0 Å². The van der Waals surface area contributed by atoms with Crippen molar-refractivity contribution in [2.24, 2.45) is 0 Å². The van der Waals surface area contributed by atoms with Crippen LogP contribution in [0.4, 0.5) is 0 Å². The first kappa shape index (κ1) is 15.2. The summed E-state index contributed by atoms with van der Waals surface area (Å²) in [5, 5.41) is 8.67. The van der Waals surface area contributed by atoms with Gasteiger partial charge >= 0.3 is 0 Å². The smallest absolute Gasteiger partial charge is 0.0721 e. The molecule has 2 nitrogen and oxygen atoms in total. The summed E-state index contributed by atoms with van der Waals surface area (Å²) in [6, 6.07) is 21.7. The summed E-state index contributed by atoms with van der Waals surface area (Å²) in [5.41, 5.74) is 1.14. The van der Waals surface area contributed by atoms with Crippen molar-refractivity contribution in [3.05, 3.63) is 101 Å². The molecule has 4 rings (SSSR count). The Hall–Kier alpha value is -2.31. The zero-order chi connectivity index (χ0) is 16.4. The van der Waals surface area contributed by atoms with Crippen LogP contribution in [-0.2, 0) is 4.74 Å². The fourth-order valence-electron chi connectivity index (χ4n) is 2.99. The predicted molar refractivity (Wildman–Crippen MR) is 102 cm³/mol. The molecule has 0 aromatic heterocycles. The molecule has 2 aromatic rings. The number of ether oxygens (including phenoxy) is 1. The van der Waals surface area contributed by atoms with Crippen molar-refractivity contribution in [3.63, 3.8) is 0 Å². The van der Waals surface area contributed by atoms with Crippen LogP contribution in [0.2, 0.25) is 0 Å². The Morgan fingerprint density at radius 2 is 1.58 bits per heavy atom. The average Bonchev–Trinajstić information content (AvgIpc) is 3.26. The van der Waals surface area contributed by atoms with Gasteiger partial charge in [-0.15, -0.1) is 0 Å². The van der Waals surface area contributed by atoms with Crippen LogP contribution in [0.15, 0.2) is 95.7 Å². The molecule has 0 N–H and O–H groups in total. The number of rotatable bonds is 3. The molecule has 1 atom stereocenters. The highest BCUT2D eigenvalue weighted by Crippen LogP contribution is 2.50. The molecule has 0 spiro atoms. The third-order valence-corrected chi connectivity index (χ3v) is 6.59. The topological polar surface area (TPSA) is 23.3 Å². The summed E-state index contributed by atoms with van der Waals surface area (Å²) >= 11 is 0. The van der Waals surface area contributed by atoms with E-state index in [0.717, 1.165) is 11.5 Å². The molecule has 24 heavy (non-hydrogen) atoms. The van der Waals surface area contributed by atoms with Gasteiger partial charge in [-0.3, -0.25) is 0 Å². The molecule has 0 amide bonds. The van der Waals surface area contributed by atoms with E-state index >= 15 is 0 Å². The summed E-state index contributed by atoms with van der Waals surface area (Å²) in [5.74, 6) is 0.793. The van der Waals surface area contributed by atoms with Gasteiger partial charge in [0.1, 0.15) is 0 Å². The van der Waals surface area contributed by atoms with Crippen LogP contribution in [0.25, 0.3) is 5.32 Å². The van der Waals surface area contributed by atoms with Crippen molar-refractivity contribution in [1.82, 2.24) is 0 Å². The Morgan fingerprint density at radius 1 is 0.958 bits per heavy atom. The second kappa shape index (κ2) is 6.67. The molecule has 120 valence electrons. The maximum Gasteiger partial charge on any atom is 0.0721 e. The quantitative estimate of drug-likeness (QED) is 0.755. The van der Waals surface area contributed by atoms with Crippen LogP contribution in [0, 0.1) is 0 Å². The standard InChI is InChI=1S/C21H19NOP/c1-16-15-23-21(22-16)19-13-8-14-20(19)24(17-9-4-2-5-10-17)18-11-6-3-7-12-18/h2-14,16H,15H2,1H3/q-1/b21-19+/t16-/m0/s1. The summed E-state index contributed by atoms with van der Waals surface area (Å²) < 4.78 is 5.83. The molecule has 1 fully saturated rings. The van der Waals surface area contributed by atoms with Crippen LogP contribution in [0.1, 0.15) is 6.92 Å². The highest BCUT2D eigenvalue weighted by atomic mass is 31.1. The zero-order valence-electron chi connectivity index (χ0n) is 13.6. The molecule has 2 aromatic carbocycles. The van der Waals surface area contributed by atoms with Gasteiger partial charge in [0.2, 0.25) is 0 Å². The normalized spacial score (nSPS) is 22.4. The highest BCUT2D eigenvalue weighted by molar-refractivity contribution is 7.77. The van der Waals surface area contributed by atoms with Crippen molar-refractivity contribution in [3.8, 4) is 0 Å². The largest absolute Gasteiger partial charge is 0.648 e. The molecule has 0 radical (unpaired) electrons. The number of allylic oxidation sites excluding steroid dienone is 5. The van der Waals surface area contributed by atoms with Crippen LogP contribution in [0.3, 0.4) is 0 Å². The molecule has 1 aliphatic heterocycles. The van der Waals surface area contributed by atoms with E-state index in [1.54, 1.807) is 0 Å². The third kappa shape index (κ3) is 2.90. The molecule has 0 bridgehead atoms. The molecule has 1 saturated heterocycles. The molecule has 0 saturated carbocycles. The van der Waals surface area contributed by atoms with Gasteiger partial charge in [0.05, 0.1) is 6.61 Å². The lowest BCUT2D eigenvalue weighted by Crippen LogP contribution is -2.13. The Morgan fingerprint density at radius 3 is 2.12 bits per heavy atom. The van der Waals surface area contributed by atoms with Gasteiger partial charge < -0.3 is 10.1 Å². The van der Waals surface area contributed by atoms with E-state index in [-0.39, 0.29) is 6.04 Å². The molecular formula is C21H19NOP-. The zero-order valence-corrected chi connectivity index (χ0v) is 14.5. The third-order valence-electron chi connectivity index (χ3n) is 4.09. The van der Waals surface area contributed by atoms with Crippen LogP contribution in [-0.4, -0.2) is 12.6 Å². The first-order chi connectivity index (χ1) is 11.8.